The second kappa shape index (κ2) is 4.47. The van der Waals surface area contributed by atoms with Crippen LogP contribution in [0.3, 0.4) is 0 Å². The molecule has 0 aromatic carbocycles. The van der Waals surface area contributed by atoms with Crippen molar-refractivity contribution in [2.24, 2.45) is 5.84 Å². The molecule has 14 heavy (non-hydrogen) atoms. The predicted octanol–water partition coefficient (Wildman–Crippen LogP) is 0.315. The maximum Gasteiger partial charge on any atom is 0.145 e. The third-order valence-electron chi connectivity index (χ3n) is 2.14. The summed E-state index contributed by atoms with van der Waals surface area (Å²) in [6.07, 6.45) is 1.53. The van der Waals surface area contributed by atoms with Crippen LogP contribution in [0.25, 0.3) is 0 Å². The zero-order valence-electron chi connectivity index (χ0n) is 7.81. The van der Waals surface area contributed by atoms with Gasteiger partial charge in [0.15, 0.2) is 0 Å². The summed E-state index contributed by atoms with van der Waals surface area (Å²) in [5.41, 5.74) is 2.52. The number of aromatic nitrogens is 2. The van der Waals surface area contributed by atoms with Gasteiger partial charge in [-0.05, 0) is 0 Å². The van der Waals surface area contributed by atoms with E-state index in [1.807, 2.05) is 17.8 Å². The molecule has 1 saturated heterocycles. The van der Waals surface area contributed by atoms with Gasteiger partial charge >= 0.3 is 0 Å². The highest BCUT2D eigenvalue weighted by Crippen LogP contribution is 2.18. The Bertz CT molecular complexity index is 300. The van der Waals surface area contributed by atoms with Crippen molar-refractivity contribution >= 4 is 23.4 Å². The third kappa shape index (κ3) is 2.08. The zero-order chi connectivity index (χ0) is 9.80. The Hall–Kier alpha value is -1.01. The number of rotatable bonds is 2. The average Bonchev–Trinajstić information content (AvgIpc) is 2.30. The van der Waals surface area contributed by atoms with Crippen molar-refractivity contribution < 1.29 is 0 Å². The van der Waals surface area contributed by atoms with E-state index in [1.165, 1.54) is 6.33 Å². The summed E-state index contributed by atoms with van der Waals surface area (Å²) in [4.78, 5) is 10.4. The fraction of sp³-hybridized carbons (Fsp3) is 0.500. The molecular formula is C8H13N5S. The molecule has 1 aromatic rings. The number of thioether (sulfide) groups is 1. The number of hydrazine groups is 1. The molecular weight excluding hydrogens is 198 g/mol. The van der Waals surface area contributed by atoms with Gasteiger partial charge in [0.25, 0.3) is 0 Å². The van der Waals surface area contributed by atoms with Crippen LogP contribution in [0.2, 0.25) is 0 Å². The van der Waals surface area contributed by atoms with Gasteiger partial charge in [0.05, 0.1) is 0 Å². The van der Waals surface area contributed by atoms with Crippen LogP contribution in [0, 0.1) is 0 Å². The third-order valence-corrected chi connectivity index (χ3v) is 3.08. The summed E-state index contributed by atoms with van der Waals surface area (Å²) in [5, 5.41) is 0. The molecule has 0 atom stereocenters. The SMILES string of the molecule is NNc1cc(N2CCSCC2)ncn1. The number of hydrogen-bond donors (Lipinski definition) is 2. The summed E-state index contributed by atoms with van der Waals surface area (Å²) >= 11 is 1.98. The first kappa shape index (κ1) is 9.54. The number of nitrogens with two attached hydrogens (primary N) is 1. The smallest absolute Gasteiger partial charge is 0.145 e. The molecule has 76 valence electrons. The van der Waals surface area contributed by atoms with Gasteiger partial charge in [-0.15, -0.1) is 0 Å². The molecule has 2 rings (SSSR count). The molecule has 0 unspecified atom stereocenters. The Morgan fingerprint density at radius 2 is 2.14 bits per heavy atom. The molecule has 0 aliphatic carbocycles. The van der Waals surface area contributed by atoms with Crippen LogP contribution >= 0.6 is 11.8 Å². The first-order chi connectivity index (χ1) is 6.90. The quantitative estimate of drug-likeness (QED) is 0.542. The number of nitrogen functional groups attached to an aromatic ring is 1. The summed E-state index contributed by atoms with van der Waals surface area (Å²) in [6.45, 7) is 2.09. The van der Waals surface area contributed by atoms with E-state index in [4.69, 9.17) is 5.84 Å². The van der Waals surface area contributed by atoms with E-state index in [2.05, 4.69) is 20.3 Å². The Labute approximate surface area is 87.1 Å². The minimum absolute atomic E-state index is 0.660. The highest BCUT2D eigenvalue weighted by atomic mass is 32.2. The molecule has 1 aromatic heterocycles. The molecule has 5 nitrogen and oxygen atoms in total. The molecule has 1 aliphatic heterocycles. The minimum atomic E-state index is 0.660. The molecule has 0 saturated carbocycles. The lowest BCUT2D eigenvalue weighted by Gasteiger charge is -2.27. The van der Waals surface area contributed by atoms with Crippen LogP contribution < -0.4 is 16.2 Å². The maximum atomic E-state index is 5.29. The average molecular weight is 211 g/mol. The van der Waals surface area contributed by atoms with Crippen LogP contribution in [0.4, 0.5) is 11.6 Å². The van der Waals surface area contributed by atoms with E-state index in [0.29, 0.717) is 5.82 Å². The van der Waals surface area contributed by atoms with Crippen LogP contribution in [0.1, 0.15) is 0 Å². The van der Waals surface area contributed by atoms with Gasteiger partial charge in [-0.1, -0.05) is 0 Å². The molecule has 0 amide bonds. The van der Waals surface area contributed by atoms with Gasteiger partial charge in [0.2, 0.25) is 0 Å². The van der Waals surface area contributed by atoms with Gasteiger partial charge in [-0.3, -0.25) is 0 Å². The standard InChI is InChI=1S/C8H13N5S/c9-12-7-5-8(11-6-10-7)13-1-3-14-4-2-13/h5-6H,1-4,9H2,(H,10,11,12). The van der Waals surface area contributed by atoms with Crippen molar-refractivity contribution in [2.75, 3.05) is 34.9 Å². The monoisotopic (exact) mass is 211 g/mol. The molecule has 0 bridgehead atoms. The van der Waals surface area contributed by atoms with Crippen molar-refractivity contribution in [3.8, 4) is 0 Å². The molecule has 0 spiro atoms. The number of nitrogens with one attached hydrogen (secondary N) is 1. The molecule has 3 N–H and O–H groups in total. The summed E-state index contributed by atoms with van der Waals surface area (Å²) in [6, 6.07) is 1.87. The first-order valence-electron chi connectivity index (χ1n) is 4.51. The second-order valence-electron chi connectivity index (χ2n) is 3.01. The fourth-order valence-corrected chi connectivity index (χ4v) is 2.29. The maximum absolute atomic E-state index is 5.29. The lowest BCUT2D eigenvalue weighted by Crippen LogP contribution is -2.33. The lowest BCUT2D eigenvalue weighted by molar-refractivity contribution is 0.835. The van der Waals surface area contributed by atoms with E-state index >= 15 is 0 Å². The van der Waals surface area contributed by atoms with Crippen LogP contribution in [0.5, 0.6) is 0 Å². The number of hydrogen-bond acceptors (Lipinski definition) is 6. The number of anilines is 2. The van der Waals surface area contributed by atoms with Crippen LogP contribution in [-0.4, -0.2) is 34.6 Å². The molecule has 0 radical (unpaired) electrons. The van der Waals surface area contributed by atoms with Gasteiger partial charge in [-0.25, -0.2) is 15.8 Å². The molecule has 1 aliphatic rings. The number of nitrogens with zero attached hydrogens (tertiary/aromatic N) is 3. The van der Waals surface area contributed by atoms with Gasteiger partial charge < -0.3 is 10.3 Å². The van der Waals surface area contributed by atoms with Gasteiger partial charge in [0.1, 0.15) is 18.0 Å². The van der Waals surface area contributed by atoms with Gasteiger partial charge in [-0.2, -0.15) is 11.8 Å². The topological polar surface area (TPSA) is 67.1 Å². The van der Waals surface area contributed by atoms with Crippen LogP contribution in [0.15, 0.2) is 12.4 Å². The largest absolute Gasteiger partial charge is 0.355 e. The Morgan fingerprint density at radius 3 is 2.86 bits per heavy atom. The predicted molar refractivity (Wildman–Crippen MR) is 59.4 cm³/mol. The molecule has 2 heterocycles. The van der Waals surface area contributed by atoms with Crippen molar-refractivity contribution in [1.82, 2.24) is 9.97 Å². The lowest BCUT2D eigenvalue weighted by atomic mass is 10.4. The van der Waals surface area contributed by atoms with Crippen molar-refractivity contribution in [3.05, 3.63) is 12.4 Å². The Morgan fingerprint density at radius 1 is 1.36 bits per heavy atom. The van der Waals surface area contributed by atoms with E-state index < -0.39 is 0 Å². The fourth-order valence-electron chi connectivity index (χ4n) is 1.39. The highest BCUT2D eigenvalue weighted by Gasteiger charge is 2.12. The zero-order valence-corrected chi connectivity index (χ0v) is 8.63. The van der Waals surface area contributed by atoms with Crippen molar-refractivity contribution in [3.63, 3.8) is 0 Å². The van der Waals surface area contributed by atoms with E-state index in [0.717, 1.165) is 30.4 Å². The highest BCUT2D eigenvalue weighted by molar-refractivity contribution is 7.99. The second-order valence-corrected chi connectivity index (χ2v) is 4.23. The Kier molecular flexibility index (Phi) is 3.05. The summed E-state index contributed by atoms with van der Waals surface area (Å²) in [7, 11) is 0. The first-order valence-corrected chi connectivity index (χ1v) is 5.67. The van der Waals surface area contributed by atoms with E-state index in [1.54, 1.807) is 0 Å². The van der Waals surface area contributed by atoms with Crippen LogP contribution in [-0.2, 0) is 0 Å². The van der Waals surface area contributed by atoms with Gasteiger partial charge in [0, 0.05) is 30.7 Å². The minimum Gasteiger partial charge on any atom is -0.355 e. The van der Waals surface area contributed by atoms with E-state index in [-0.39, 0.29) is 0 Å². The van der Waals surface area contributed by atoms with Crippen molar-refractivity contribution in [2.45, 2.75) is 0 Å². The Balaban J connectivity index is 2.13. The summed E-state index contributed by atoms with van der Waals surface area (Å²) in [5.74, 6) is 9.22. The molecule has 1 fully saturated rings. The van der Waals surface area contributed by atoms with E-state index in [9.17, 15) is 0 Å². The van der Waals surface area contributed by atoms with Crippen molar-refractivity contribution in [1.29, 1.82) is 0 Å². The summed E-state index contributed by atoms with van der Waals surface area (Å²) < 4.78 is 0. The normalized spacial score (nSPS) is 16.8. The molecule has 6 heteroatoms.